The quantitative estimate of drug-likeness (QED) is 0.570. The molecule has 2 heterocycles. The molecule has 2 aromatic carbocycles. The summed E-state index contributed by atoms with van der Waals surface area (Å²) < 4.78 is 4.08. The summed E-state index contributed by atoms with van der Waals surface area (Å²) in [5, 5.41) is 8.55. The lowest BCUT2D eigenvalue weighted by atomic mass is 10.1. The van der Waals surface area contributed by atoms with Gasteiger partial charge < -0.3 is 4.57 Å². The normalized spacial score (nSPS) is 11.3. The summed E-state index contributed by atoms with van der Waals surface area (Å²) in [7, 11) is 2.00. The monoisotopic (exact) mass is 303 g/mol. The number of aryl methyl sites for hydroxylation is 3. The van der Waals surface area contributed by atoms with Gasteiger partial charge in [-0.25, -0.2) is 4.98 Å². The first-order valence-corrected chi connectivity index (χ1v) is 7.54. The fourth-order valence-corrected chi connectivity index (χ4v) is 3.16. The highest BCUT2D eigenvalue weighted by atomic mass is 15.3. The van der Waals surface area contributed by atoms with Crippen LogP contribution in [0.4, 0.5) is 0 Å². The standard InChI is InChI=1S/C18H17N5/c1-12-6-4-7-13(2)16(12)23-11-20-21-18(23)14-8-5-9-15-17(14)22(3)10-19-15/h4-11H,1-3H3. The van der Waals surface area contributed by atoms with Crippen LogP contribution in [0.25, 0.3) is 28.1 Å². The number of benzene rings is 2. The van der Waals surface area contributed by atoms with Crippen molar-refractivity contribution in [3.05, 3.63) is 60.2 Å². The maximum absolute atomic E-state index is 4.43. The number of hydrogen-bond acceptors (Lipinski definition) is 3. The third-order valence-electron chi connectivity index (χ3n) is 4.21. The Bertz CT molecular complexity index is 989. The highest BCUT2D eigenvalue weighted by Gasteiger charge is 2.16. The Hall–Kier alpha value is -2.95. The number of rotatable bonds is 2. The molecule has 0 radical (unpaired) electrons. The van der Waals surface area contributed by atoms with E-state index in [2.05, 4.69) is 57.9 Å². The molecule has 0 aliphatic heterocycles. The average molecular weight is 303 g/mol. The molecule has 0 bridgehead atoms. The van der Waals surface area contributed by atoms with Crippen LogP contribution in [-0.4, -0.2) is 24.3 Å². The second kappa shape index (κ2) is 5.05. The molecule has 0 saturated carbocycles. The molecule has 2 aromatic heterocycles. The number of fused-ring (bicyclic) bond motifs is 1. The molecule has 5 heteroatoms. The minimum atomic E-state index is 0.830. The predicted molar refractivity (Wildman–Crippen MR) is 90.5 cm³/mol. The largest absolute Gasteiger partial charge is 0.333 e. The molecule has 114 valence electrons. The van der Waals surface area contributed by atoms with Gasteiger partial charge in [-0.1, -0.05) is 24.3 Å². The molecule has 4 rings (SSSR count). The van der Waals surface area contributed by atoms with Gasteiger partial charge in [-0.15, -0.1) is 10.2 Å². The van der Waals surface area contributed by atoms with Crippen LogP contribution in [0.5, 0.6) is 0 Å². The van der Waals surface area contributed by atoms with Crippen LogP contribution in [-0.2, 0) is 7.05 Å². The first-order valence-electron chi connectivity index (χ1n) is 7.54. The topological polar surface area (TPSA) is 48.5 Å². The van der Waals surface area contributed by atoms with Crippen molar-refractivity contribution in [1.29, 1.82) is 0 Å². The third-order valence-corrected chi connectivity index (χ3v) is 4.21. The van der Waals surface area contributed by atoms with Crippen LogP contribution in [0.15, 0.2) is 49.1 Å². The second-order valence-electron chi connectivity index (χ2n) is 5.79. The number of nitrogens with zero attached hydrogens (tertiary/aromatic N) is 5. The molecule has 23 heavy (non-hydrogen) atoms. The molecule has 0 aliphatic rings. The number of hydrogen-bond donors (Lipinski definition) is 0. The third kappa shape index (κ3) is 2.04. The van der Waals surface area contributed by atoms with Crippen LogP contribution in [0, 0.1) is 13.8 Å². The van der Waals surface area contributed by atoms with Crippen molar-refractivity contribution >= 4 is 11.0 Å². The fourth-order valence-electron chi connectivity index (χ4n) is 3.16. The Morgan fingerprint density at radius 1 is 0.913 bits per heavy atom. The SMILES string of the molecule is Cc1cccc(C)c1-n1cnnc1-c1cccc2ncn(C)c12. The van der Waals surface area contributed by atoms with Crippen molar-refractivity contribution in [2.45, 2.75) is 13.8 Å². The molecule has 0 spiro atoms. The maximum Gasteiger partial charge on any atom is 0.170 e. The summed E-state index contributed by atoms with van der Waals surface area (Å²) in [4.78, 5) is 4.43. The van der Waals surface area contributed by atoms with Crippen LogP contribution < -0.4 is 0 Å². The van der Waals surface area contributed by atoms with Gasteiger partial charge in [-0.2, -0.15) is 0 Å². The van der Waals surface area contributed by atoms with Gasteiger partial charge >= 0.3 is 0 Å². The molecule has 0 saturated heterocycles. The van der Waals surface area contributed by atoms with Gasteiger partial charge in [0.05, 0.1) is 23.0 Å². The minimum absolute atomic E-state index is 0.830. The Balaban J connectivity index is 2.02. The van der Waals surface area contributed by atoms with Crippen LogP contribution >= 0.6 is 0 Å². The molecule has 0 N–H and O–H groups in total. The van der Waals surface area contributed by atoms with Crippen molar-refractivity contribution in [2.75, 3.05) is 0 Å². The van der Waals surface area contributed by atoms with Crippen LogP contribution in [0.3, 0.4) is 0 Å². The lowest BCUT2D eigenvalue weighted by Gasteiger charge is -2.13. The lowest BCUT2D eigenvalue weighted by Crippen LogP contribution is -2.02. The summed E-state index contributed by atoms with van der Waals surface area (Å²) in [5.41, 5.74) is 6.58. The van der Waals surface area contributed by atoms with E-state index in [1.165, 1.54) is 11.1 Å². The molecule has 0 amide bonds. The number of imidazole rings is 1. The van der Waals surface area contributed by atoms with Gasteiger partial charge in [0.2, 0.25) is 0 Å². The maximum atomic E-state index is 4.43. The van der Waals surface area contributed by atoms with Crippen molar-refractivity contribution in [3.63, 3.8) is 0 Å². The van der Waals surface area contributed by atoms with E-state index in [1.807, 2.05) is 30.1 Å². The van der Waals surface area contributed by atoms with E-state index in [0.717, 1.165) is 28.1 Å². The number of para-hydroxylation sites is 2. The van der Waals surface area contributed by atoms with E-state index in [9.17, 15) is 0 Å². The lowest BCUT2D eigenvalue weighted by molar-refractivity contribution is 0.945. The molecule has 4 aromatic rings. The van der Waals surface area contributed by atoms with Crippen molar-refractivity contribution < 1.29 is 0 Å². The molecule has 5 nitrogen and oxygen atoms in total. The van der Waals surface area contributed by atoms with E-state index in [4.69, 9.17) is 0 Å². The van der Waals surface area contributed by atoms with E-state index >= 15 is 0 Å². The zero-order valence-electron chi connectivity index (χ0n) is 13.4. The molecule has 0 fully saturated rings. The summed E-state index contributed by atoms with van der Waals surface area (Å²) >= 11 is 0. The summed E-state index contributed by atoms with van der Waals surface area (Å²) in [6, 6.07) is 12.4. The first kappa shape index (κ1) is 13.7. The van der Waals surface area contributed by atoms with Crippen molar-refractivity contribution in [1.82, 2.24) is 24.3 Å². The van der Waals surface area contributed by atoms with E-state index in [-0.39, 0.29) is 0 Å². The number of aromatic nitrogens is 5. The Kier molecular flexibility index (Phi) is 3.01. The van der Waals surface area contributed by atoms with Gasteiger partial charge in [0.1, 0.15) is 6.33 Å². The molecule has 0 aliphatic carbocycles. The van der Waals surface area contributed by atoms with Crippen LogP contribution in [0.2, 0.25) is 0 Å². The Labute approximate surface area is 134 Å². The van der Waals surface area contributed by atoms with Gasteiger partial charge in [0.15, 0.2) is 5.82 Å². The smallest absolute Gasteiger partial charge is 0.170 e. The minimum Gasteiger partial charge on any atom is -0.333 e. The molecule has 0 unspecified atom stereocenters. The van der Waals surface area contributed by atoms with Crippen molar-refractivity contribution in [3.8, 4) is 17.1 Å². The average Bonchev–Trinajstić information content (AvgIpc) is 3.15. The highest BCUT2D eigenvalue weighted by molar-refractivity contribution is 5.90. The van der Waals surface area contributed by atoms with Gasteiger partial charge in [0, 0.05) is 12.6 Å². The van der Waals surface area contributed by atoms with E-state index < -0.39 is 0 Å². The Morgan fingerprint density at radius 2 is 1.65 bits per heavy atom. The summed E-state index contributed by atoms with van der Waals surface area (Å²) in [6.45, 7) is 4.22. The summed E-state index contributed by atoms with van der Waals surface area (Å²) in [6.07, 6.45) is 3.60. The van der Waals surface area contributed by atoms with Crippen LogP contribution in [0.1, 0.15) is 11.1 Å². The van der Waals surface area contributed by atoms with Gasteiger partial charge in [-0.05, 0) is 37.1 Å². The van der Waals surface area contributed by atoms with Crippen molar-refractivity contribution in [2.24, 2.45) is 7.05 Å². The van der Waals surface area contributed by atoms with E-state index in [0.29, 0.717) is 0 Å². The zero-order valence-corrected chi connectivity index (χ0v) is 13.4. The molecular formula is C18H17N5. The molecule has 0 atom stereocenters. The predicted octanol–water partition coefficient (Wildman–Crippen LogP) is 3.44. The second-order valence-corrected chi connectivity index (χ2v) is 5.79. The highest BCUT2D eigenvalue weighted by Crippen LogP contribution is 2.29. The fraction of sp³-hybridized carbons (Fsp3) is 0.167. The van der Waals surface area contributed by atoms with Gasteiger partial charge in [-0.3, -0.25) is 4.57 Å². The molecular weight excluding hydrogens is 286 g/mol. The van der Waals surface area contributed by atoms with E-state index in [1.54, 1.807) is 6.33 Å². The van der Waals surface area contributed by atoms with Gasteiger partial charge in [0.25, 0.3) is 0 Å². The first-order chi connectivity index (χ1) is 11.2. The Morgan fingerprint density at radius 3 is 2.43 bits per heavy atom. The summed E-state index contributed by atoms with van der Waals surface area (Å²) in [5.74, 6) is 0.830. The zero-order chi connectivity index (χ0) is 16.0.